The van der Waals surface area contributed by atoms with Gasteiger partial charge in [0, 0.05) is 45.2 Å². The van der Waals surface area contributed by atoms with Gasteiger partial charge in [0.25, 0.3) is 0 Å². The summed E-state index contributed by atoms with van der Waals surface area (Å²) in [5, 5.41) is 3.18. The van der Waals surface area contributed by atoms with Gasteiger partial charge < -0.3 is 15.0 Å². The predicted molar refractivity (Wildman–Crippen MR) is 81.5 cm³/mol. The number of piperidine rings is 1. The van der Waals surface area contributed by atoms with E-state index in [4.69, 9.17) is 4.74 Å². The minimum Gasteiger partial charge on any atom is -0.384 e. The smallest absolute Gasteiger partial charge is 0.244 e. The Balaban J connectivity index is 2.00. The lowest BCUT2D eigenvalue weighted by Gasteiger charge is -2.30. The molecule has 120 valence electrons. The average Bonchev–Trinajstić information content (AvgIpc) is 2.96. The molecule has 2 heterocycles. The Hall–Kier alpha value is -0.890. The van der Waals surface area contributed by atoms with Gasteiger partial charge in [-0.05, 0) is 31.4 Å². The van der Waals surface area contributed by atoms with E-state index in [1.54, 1.807) is 23.7 Å². The number of methoxy groups -OCH3 is 1. The first-order valence-electron chi connectivity index (χ1n) is 7.45. The molecule has 0 radical (unpaired) electrons. The molecule has 1 aromatic rings. The van der Waals surface area contributed by atoms with Crippen LogP contribution >= 0.6 is 0 Å². The van der Waals surface area contributed by atoms with Crippen LogP contribution in [-0.2, 0) is 21.3 Å². The quantitative estimate of drug-likeness (QED) is 0.792. The van der Waals surface area contributed by atoms with E-state index in [9.17, 15) is 8.42 Å². The van der Waals surface area contributed by atoms with Crippen LogP contribution < -0.4 is 5.32 Å². The number of aromatic amines is 1. The molecule has 1 saturated heterocycles. The second-order valence-electron chi connectivity index (χ2n) is 5.44. The number of ether oxygens (including phenoxy) is 1. The van der Waals surface area contributed by atoms with E-state index in [0.29, 0.717) is 37.1 Å². The fourth-order valence-corrected chi connectivity index (χ4v) is 4.12. The molecule has 0 spiro atoms. The van der Waals surface area contributed by atoms with Gasteiger partial charge in [-0.25, -0.2) is 8.42 Å². The summed E-state index contributed by atoms with van der Waals surface area (Å²) in [6.45, 7) is 5.39. The molecule has 0 unspecified atom stereocenters. The summed E-state index contributed by atoms with van der Waals surface area (Å²) in [5.74, 6) is 0.469. The highest BCUT2D eigenvalue weighted by molar-refractivity contribution is 7.89. The molecular weight excluding hydrogens is 290 g/mol. The molecule has 1 fully saturated rings. The van der Waals surface area contributed by atoms with Gasteiger partial charge in [-0.15, -0.1) is 0 Å². The fraction of sp³-hybridized carbons (Fsp3) is 0.714. The Labute approximate surface area is 126 Å². The molecule has 21 heavy (non-hydrogen) atoms. The third-order valence-corrected chi connectivity index (χ3v) is 5.77. The molecule has 1 aromatic heterocycles. The van der Waals surface area contributed by atoms with Crippen LogP contribution in [-0.4, -0.2) is 51.1 Å². The highest BCUT2D eigenvalue weighted by atomic mass is 32.2. The number of rotatable bonds is 7. The number of nitrogens with zero attached hydrogens (tertiary/aromatic N) is 1. The number of nitrogens with one attached hydrogen (secondary N) is 2. The highest BCUT2D eigenvalue weighted by Crippen LogP contribution is 2.24. The van der Waals surface area contributed by atoms with Gasteiger partial charge in [0.2, 0.25) is 10.0 Å². The maximum atomic E-state index is 12.6. The lowest BCUT2D eigenvalue weighted by atomic mass is 9.99. The van der Waals surface area contributed by atoms with Crippen LogP contribution in [0.5, 0.6) is 0 Å². The first kappa shape index (κ1) is 16.5. The van der Waals surface area contributed by atoms with Crippen LogP contribution in [0.25, 0.3) is 0 Å². The number of H-pyrrole nitrogens is 1. The van der Waals surface area contributed by atoms with Gasteiger partial charge in [-0.1, -0.05) is 6.92 Å². The van der Waals surface area contributed by atoms with Gasteiger partial charge >= 0.3 is 0 Å². The molecule has 0 saturated carbocycles. The third-order valence-electron chi connectivity index (χ3n) is 3.90. The number of aromatic nitrogens is 1. The second-order valence-corrected chi connectivity index (χ2v) is 7.38. The Morgan fingerprint density at radius 2 is 2.14 bits per heavy atom. The second kappa shape index (κ2) is 7.40. The molecule has 0 bridgehead atoms. The summed E-state index contributed by atoms with van der Waals surface area (Å²) < 4.78 is 31.9. The highest BCUT2D eigenvalue weighted by Gasteiger charge is 2.29. The molecule has 0 aliphatic carbocycles. The summed E-state index contributed by atoms with van der Waals surface area (Å²) in [4.78, 5) is 3.39. The van der Waals surface area contributed by atoms with Crippen molar-refractivity contribution in [1.29, 1.82) is 0 Å². The Morgan fingerprint density at radius 1 is 1.43 bits per heavy atom. The first-order chi connectivity index (χ1) is 10.1. The summed E-state index contributed by atoms with van der Waals surface area (Å²) in [7, 11) is -1.68. The zero-order valence-corrected chi connectivity index (χ0v) is 13.6. The topological polar surface area (TPSA) is 74.4 Å². The van der Waals surface area contributed by atoms with Crippen molar-refractivity contribution in [3.63, 3.8) is 0 Å². The van der Waals surface area contributed by atoms with Crippen LogP contribution in [0, 0.1) is 5.92 Å². The van der Waals surface area contributed by atoms with Gasteiger partial charge in [-0.2, -0.15) is 4.31 Å². The Kier molecular flexibility index (Phi) is 5.80. The monoisotopic (exact) mass is 315 g/mol. The van der Waals surface area contributed by atoms with Gasteiger partial charge in [0.1, 0.15) is 0 Å². The van der Waals surface area contributed by atoms with Crippen LogP contribution in [0.3, 0.4) is 0 Å². The fourth-order valence-electron chi connectivity index (χ4n) is 2.63. The minimum atomic E-state index is -3.37. The minimum absolute atomic E-state index is 0.362. The number of sulfonamides is 1. The van der Waals surface area contributed by atoms with Gasteiger partial charge in [-0.3, -0.25) is 0 Å². The van der Waals surface area contributed by atoms with Crippen molar-refractivity contribution in [2.45, 2.75) is 31.2 Å². The molecule has 2 N–H and O–H groups in total. The van der Waals surface area contributed by atoms with Gasteiger partial charge in [0.05, 0.1) is 4.90 Å². The third kappa shape index (κ3) is 4.06. The van der Waals surface area contributed by atoms with Crippen molar-refractivity contribution in [2.75, 3.05) is 33.4 Å². The average molecular weight is 315 g/mol. The molecule has 1 aliphatic rings. The van der Waals surface area contributed by atoms with Crippen molar-refractivity contribution in [3.8, 4) is 0 Å². The van der Waals surface area contributed by atoms with Crippen molar-refractivity contribution in [2.24, 2.45) is 5.92 Å². The van der Waals surface area contributed by atoms with E-state index < -0.39 is 10.0 Å². The van der Waals surface area contributed by atoms with Gasteiger partial charge in [0.15, 0.2) is 0 Å². The maximum Gasteiger partial charge on any atom is 0.244 e. The first-order valence-corrected chi connectivity index (χ1v) is 8.89. The largest absolute Gasteiger partial charge is 0.384 e. The lowest BCUT2D eigenvalue weighted by molar-refractivity contribution is 0.121. The van der Waals surface area contributed by atoms with Crippen molar-refractivity contribution in [3.05, 3.63) is 18.0 Å². The normalized spacial score (nSPS) is 18.2. The molecular formula is C14H25N3O3S. The molecule has 7 heteroatoms. The zero-order valence-electron chi connectivity index (χ0n) is 12.8. The van der Waals surface area contributed by atoms with Crippen molar-refractivity contribution >= 4 is 10.0 Å². The van der Waals surface area contributed by atoms with E-state index in [1.807, 2.05) is 6.92 Å². The zero-order chi connectivity index (χ0) is 15.3. The molecule has 0 atom stereocenters. The van der Waals surface area contributed by atoms with Crippen LogP contribution in [0.4, 0.5) is 0 Å². The molecule has 2 rings (SSSR count). The van der Waals surface area contributed by atoms with E-state index in [2.05, 4.69) is 10.3 Å². The van der Waals surface area contributed by atoms with Crippen molar-refractivity contribution < 1.29 is 13.2 Å². The molecule has 1 aliphatic heterocycles. The Morgan fingerprint density at radius 3 is 2.76 bits per heavy atom. The van der Waals surface area contributed by atoms with E-state index in [0.717, 1.165) is 25.1 Å². The summed E-state index contributed by atoms with van der Waals surface area (Å²) in [6.07, 6.45) is 3.31. The predicted octanol–water partition coefficient (Wildman–Crippen LogP) is 1.17. The number of hydrogen-bond acceptors (Lipinski definition) is 4. The molecule has 0 amide bonds. The summed E-state index contributed by atoms with van der Waals surface area (Å²) >= 11 is 0. The van der Waals surface area contributed by atoms with E-state index in [-0.39, 0.29) is 0 Å². The van der Waals surface area contributed by atoms with Crippen LogP contribution in [0.15, 0.2) is 17.2 Å². The lowest BCUT2D eigenvalue weighted by Crippen LogP contribution is -2.39. The molecule has 6 nitrogen and oxygen atoms in total. The SMILES string of the molecule is CCNCc1cc(S(=O)(=O)N2CCC(COC)CC2)c[nH]1. The summed E-state index contributed by atoms with van der Waals surface area (Å²) in [5.41, 5.74) is 0.893. The van der Waals surface area contributed by atoms with Crippen LogP contribution in [0.2, 0.25) is 0 Å². The Bertz CT molecular complexity index is 533. The van der Waals surface area contributed by atoms with Crippen LogP contribution in [0.1, 0.15) is 25.5 Å². The maximum absolute atomic E-state index is 12.6. The molecule has 0 aromatic carbocycles. The summed E-state index contributed by atoms with van der Waals surface area (Å²) in [6, 6.07) is 1.72. The number of hydrogen-bond donors (Lipinski definition) is 2. The van der Waals surface area contributed by atoms with Crippen molar-refractivity contribution in [1.82, 2.24) is 14.6 Å². The standard InChI is InChI=1S/C14H25N3O3S/c1-3-15-9-13-8-14(10-16-13)21(18,19)17-6-4-12(5-7-17)11-20-2/h8,10,12,15-16H,3-7,9,11H2,1-2H3. The van der Waals surface area contributed by atoms with E-state index >= 15 is 0 Å². The van der Waals surface area contributed by atoms with E-state index in [1.165, 1.54) is 0 Å².